The number of rotatable bonds is 20. The highest BCUT2D eigenvalue weighted by Crippen LogP contribution is 2.31. The lowest BCUT2D eigenvalue weighted by atomic mass is 10.1. The third kappa shape index (κ3) is 17.6. The van der Waals surface area contributed by atoms with Crippen LogP contribution in [0.2, 0.25) is 5.02 Å². The van der Waals surface area contributed by atoms with Gasteiger partial charge >= 0.3 is 0 Å². The molecule has 3 saturated heterocycles. The Morgan fingerprint density at radius 1 is 0.623 bits per heavy atom. The number of fused-ring (bicyclic) bond motifs is 2. The predicted molar refractivity (Wildman–Crippen MR) is 413 cm³/mol. The van der Waals surface area contributed by atoms with E-state index in [1.165, 1.54) is 81.0 Å². The quantitative estimate of drug-likeness (QED) is 0.0551. The van der Waals surface area contributed by atoms with Gasteiger partial charge in [-0.05, 0) is 127 Å². The lowest BCUT2D eigenvalue weighted by Gasteiger charge is -2.42. The molecule has 3 aliphatic rings. The fraction of sp³-hybridized carbons (Fsp3) is 0.239. The van der Waals surface area contributed by atoms with E-state index in [-0.39, 0.29) is 90.6 Å². The number of nitrogens with one attached hydrogen (secondary N) is 3. The summed E-state index contributed by atoms with van der Waals surface area (Å²) in [5.41, 5.74) is 4.32. The van der Waals surface area contributed by atoms with E-state index >= 15 is 0 Å². The summed E-state index contributed by atoms with van der Waals surface area (Å²) in [5, 5.41) is 16.1. The number of hydrogen-bond acceptors (Lipinski definition) is 20. The number of hydrogen-bond donors (Lipinski definition) is 4. The maximum absolute atomic E-state index is 13.7. The number of anilines is 6. The minimum absolute atomic E-state index is 0. The van der Waals surface area contributed by atoms with E-state index in [1.54, 1.807) is 83.6 Å². The van der Waals surface area contributed by atoms with Crippen LogP contribution in [0, 0.1) is 11.6 Å². The number of carbonyl (C=O) groups is 4. The number of carbonyl (C=O) groups excluding carboxylic acids is 4. The summed E-state index contributed by atoms with van der Waals surface area (Å²) in [6.45, 7) is 5.67. The van der Waals surface area contributed by atoms with Gasteiger partial charge in [-0.3, -0.25) is 33.3 Å². The van der Waals surface area contributed by atoms with Crippen LogP contribution in [0.3, 0.4) is 0 Å². The first-order valence-corrected chi connectivity index (χ1v) is 39.5. The lowest BCUT2D eigenvalue weighted by molar-refractivity contribution is -0.142. The van der Waals surface area contributed by atoms with Crippen LogP contribution in [0.25, 0.3) is 21.8 Å². The molecule has 11 aromatic rings. The van der Waals surface area contributed by atoms with Crippen molar-refractivity contribution in [3.05, 3.63) is 222 Å². The van der Waals surface area contributed by atoms with Crippen LogP contribution < -0.4 is 28.9 Å². The lowest BCUT2D eigenvalue weighted by Crippen LogP contribution is -2.57. The number of aromatic nitrogens is 6. The van der Waals surface area contributed by atoms with Gasteiger partial charge in [-0.15, -0.1) is 22.7 Å². The zero-order valence-corrected chi connectivity index (χ0v) is 61.6. The number of thiazole rings is 2. The van der Waals surface area contributed by atoms with Gasteiger partial charge in [0.15, 0.2) is 28.0 Å². The van der Waals surface area contributed by atoms with Gasteiger partial charge in [0.05, 0.1) is 38.4 Å². The maximum atomic E-state index is 13.7. The molecule has 106 heavy (non-hydrogen) atoms. The van der Waals surface area contributed by atoms with Crippen molar-refractivity contribution in [3.63, 3.8) is 0 Å². The highest BCUT2D eigenvalue weighted by molar-refractivity contribution is 7.93. The summed E-state index contributed by atoms with van der Waals surface area (Å²) in [4.78, 5) is 78.5. The van der Waals surface area contributed by atoms with Crippen LogP contribution >= 0.6 is 34.3 Å². The van der Waals surface area contributed by atoms with E-state index in [0.29, 0.717) is 72.6 Å². The number of nitrogens with zero attached hydrogens (tertiary/aromatic N) is 12. The van der Waals surface area contributed by atoms with Gasteiger partial charge in [-0.1, -0.05) is 48.0 Å². The van der Waals surface area contributed by atoms with Gasteiger partial charge in [0.1, 0.15) is 31.3 Å². The Morgan fingerprint density at radius 3 is 1.77 bits per heavy atom. The highest BCUT2D eigenvalue weighted by Gasteiger charge is 2.35. The molecule has 0 saturated carbocycles. The normalized spacial score (nSPS) is 15.6. The first-order chi connectivity index (χ1) is 50.9. The summed E-state index contributed by atoms with van der Waals surface area (Å²) >= 11 is 8.54. The van der Waals surface area contributed by atoms with Gasteiger partial charge in [-0.25, -0.2) is 54.0 Å². The summed E-state index contributed by atoms with van der Waals surface area (Å²) in [6, 6.07) is 40.4. The predicted octanol–water partition coefficient (Wildman–Crippen LogP) is 10.7. The van der Waals surface area contributed by atoms with Gasteiger partial charge in [0.25, 0.3) is 36.0 Å². The number of halogens is 3. The van der Waals surface area contributed by atoms with Crippen LogP contribution in [0.4, 0.5) is 41.9 Å². The topological polar surface area (TPSA) is 317 Å². The van der Waals surface area contributed by atoms with Crippen molar-refractivity contribution in [1.82, 2.24) is 43.8 Å². The van der Waals surface area contributed by atoms with Crippen LogP contribution in [-0.2, 0) is 60.5 Å². The summed E-state index contributed by atoms with van der Waals surface area (Å²) in [6.07, 6.45) is 8.59. The number of methoxy groups -OCH3 is 1. The third-order valence-corrected chi connectivity index (χ3v) is 23.8. The van der Waals surface area contributed by atoms with Crippen LogP contribution in [0.15, 0.2) is 214 Å². The molecular formula is C71H82ClF2N15O12S5. The molecule has 4 N–H and O–H groups in total. The number of aliphatic hydroxyl groups is 1. The molecule has 27 nitrogen and oxygen atoms in total. The van der Waals surface area contributed by atoms with E-state index < -0.39 is 59.9 Å². The second-order valence-corrected chi connectivity index (χ2v) is 31.7. The van der Waals surface area contributed by atoms with Crippen molar-refractivity contribution in [2.24, 2.45) is 0 Å². The molecule has 5 aromatic heterocycles. The Bertz CT molecular complexity index is 5300. The largest absolute Gasteiger partial charge is 0.394 e. The van der Waals surface area contributed by atoms with Gasteiger partial charge in [0, 0.05) is 150 Å². The van der Waals surface area contributed by atoms with Crippen molar-refractivity contribution in [2.45, 2.75) is 46.3 Å². The number of ether oxygens (including phenoxy) is 1. The molecule has 14 rings (SSSR count). The number of amides is 4. The van der Waals surface area contributed by atoms with Gasteiger partial charge in [0.2, 0.25) is 17.7 Å². The van der Waals surface area contributed by atoms with E-state index in [4.69, 9.17) is 16.3 Å². The van der Waals surface area contributed by atoms with E-state index in [9.17, 15) is 58.3 Å². The summed E-state index contributed by atoms with van der Waals surface area (Å²) < 4.78 is 119. The van der Waals surface area contributed by atoms with E-state index in [2.05, 4.69) is 39.0 Å². The molecule has 8 heterocycles. The summed E-state index contributed by atoms with van der Waals surface area (Å²) in [7, 11) is -9.76. The molecule has 564 valence electrons. The molecule has 0 aliphatic carbocycles. The summed E-state index contributed by atoms with van der Waals surface area (Å²) in [5.74, 6) is -2.55. The second kappa shape index (κ2) is 32.9. The first-order valence-electron chi connectivity index (χ1n) is 33.0. The van der Waals surface area contributed by atoms with Gasteiger partial charge < -0.3 is 48.4 Å². The molecule has 0 radical (unpaired) electrons. The van der Waals surface area contributed by atoms with Crippen molar-refractivity contribution in [2.75, 3.05) is 108 Å². The number of benzene rings is 6. The third-order valence-electron chi connectivity index (χ3n) is 17.9. The van der Waals surface area contributed by atoms with Crippen LogP contribution in [0.5, 0.6) is 0 Å². The van der Waals surface area contributed by atoms with Crippen molar-refractivity contribution < 1.29 is 71.6 Å². The smallest absolute Gasteiger partial charge is 0.263 e. The average Bonchev–Trinajstić information content (AvgIpc) is 1.49. The SMILES string of the molecule is COC(C(=O)N1CCN(c2ccc(S(=O)(=O)Nc3ccncn3)cc2)CC1)c1ccccc1.C[C@H](C(=O)N1CCN(c2ccc(S(=O)(=O)Nc3nccs3)cc2)C[C@H]1CO)n1ccc2ccc(Cl)cc21.O=C(Cn1ccc2cc(F)c(F)cc21)N1CCN(c2ccc(S(=O)(=O)Nc3nccs3)cc2)C(=O)C1.[HH].[HH].[HH].[HH].[HH].[HH]. The zero-order chi connectivity index (χ0) is 74.9. The molecule has 3 fully saturated rings. The molecule has 3 aliphatic heterocycles. The highest BCUT2D eigenvalue weighted by atomic mass is 35.5. The Balaban J connectivity index is 0.000000256. The Kier molecular flexibility index (Phi) is 23.4. The Hall–Kier alpha value is -10.5. The van der Waals surface area contributed by atoms with Crippen LogP contribution in [-0.4, -0.2) is 183 Å². The molecule has 35 heteroatoms. The van der Waals surface area contributed by atoms with Crippen molar-refractivity contribution in [3.8, 4) is 0 Å². The van der Waals surface area contributed by atoms with Crippen LogP contribution in [0.1, 0.15) is 33.2 Å². The molecule has 3 atom stereocenters. The Morgan fingerprint density at radius 2 is 1.20 bits per heavy atom. The van der Waals surface area contributed by atoms with Crippen molar-refractivity contribution >= 4 is 143 Å². The number of aliphatic hydroxyl groups excluding tert-OH is 1. The van der Waals surface area contributed by atoms with Crippen molar-refractivity contribution in [1.29, 1.82) is 0 Å². The second-order valence-electron chi connectivity index (χ2n) is 24.5. The first kappa shape index (κ1) is 75.2. The standard InChI is InChI=1S/C25H26ClN5O4S2.C23H19F2N5O4S2.C23H25N5O4S.6H2/c1-17(30-10-8-18-2-3-19(26)14-23(18)30)24(33)31-12-11-29(15-21(31)16-32)20-4-6-22(7-5-20)37(34,35)28-25-27-9-13-36-25;24-18-11-15-5-7-28(20(15)12-19(18)25)13-21(31)29-8-9-30(22(32)14-29)16-1-3-17(4-2-16)36(33,34)27-23-26-6-10-35-23;1-32-22(18-5-3-2-4-6-18)23(29)28-15-13-27(14-16-28)19-7-9-20(10-8-19)33(30,31)26-21-11-12-24-17-25-21;;;;;;/h2-10,13-14,17,21,32H,11-12,15-16H2,1H3,(H,27,28);1-7,10-12H,8-9,13-14H2,(H,26,27);2-12,17,22H,13-16H2,1H3,(H,24,25,26);6*1H/t17-,21+;;;;;;;;/m1......../s1. The minimum atomic E-state index is -3.82. The van der Waals surface area contributed by atoms with E-state index in [0.717, 1.165) is 51.3 Å². The zero-order valence-electron chi connectivity index (χ0n) is 56.7. The monoisotopic (exact) mass is 1570 g/mol. The molecule has 4 amide bonds. The minimum Gasteiger partial charge on any atom is -0.394 e. The fourth-order valence-corrected chi connectivity index (χ4v) is 17.1. The number of sulfonamides is 3. The molecule has 0 spiro atoms. The molecule has 0 bridgehead atoms. The molecule has 6 aromatic carbocycles. The number of piperazine rings is 3. The average molecular weight is 1570 g/mol. The van der Waals surface area contributed by atoms with Gasteiger partial charge in [-0.2, -0.15) is 0 Å². The van der Waals surface area contributed by atoms with E-state index in [1.807, 2.05) is 82.1 Å². The molecule has 1 unspecified atom stereocenters. The molecular weight excluding hydrogens is 1490 g/mol. The maximum Gasteiger partial charge on any atom is 0.263 e. The fourth-order valence-electron chi connectivity index (χ4n) is 12.4. The Labute approximate surface area is 630 Å².